The normalized spacial score (nSPS) is 12.9. The fourth-order valence-corrected chi connectivity index (χ4v) is 4.00. The number of hydrogen-bond acceptors (Lipinski definition) is 4. The fraction of sp³-hybridized carbons (Fsp3) is 0.154. The van der Waals surface area contributed by atoms with E-state index in [-0.39, 0.29) is 5.91 Å². The standard InChI is InChI=1S/C26H23N3O3/c1-18-22(16-27-28-26(30)20-11-12-24-25(15-20)32-14-13-31-24)21-9-5-6-10-23(21)29(18)17-19-7-3-2-4-8-19/h2-12,15-16H,13-14,17H2,1H3,(H,28,30)/b27-16+. The average Bonchev–Trinajstić information content (AvgIpc) is 3.10. The van der Waals surface area contributed by atoms with E-state index in [2.05, 4.69) is 46.3 Å². The van der Waals surface area contributed by atoms with Crippen LogP contribution in [0.1, 0.15) is 27.2 Å². The molecule has 0 unspecified atom stereocenters. The van der Waals surface area contributed by atoms with Crippen LogP contribution in [0.25, 0.3) is 10.9 Å². The first-order valence-corrected chi connectivity index (χ1v) is 10.6. The van der Waals surface area contributed by atoms with Gasteiger partial charge in [0, 0.05) is 34.3 Å². The zero-order chi connectivity index (χ0) is 21.9. The second-order valence-electron chi connectivity index (χ2n) is 7.65. The average molecular weight is 425 g/mol. The van der Waals surface area contributed by atoms with Crippen molar-refractivity contribution >= 4 is 23.0 Å². The van der Waals surface area contributed by atoms with E-state index in [0.29, 0.717) is 30.3 Å². The van der Waals surface area contributed by atoms with E-state index in [1.54, 1.807) is 24.4 Å². The molecule has 32 heavy (non-hydrogen) atoms. The van der Waals surface area contributed by atoms with E-state index < -0.39 is 0 Å². The number of para-hydroxylation sites is 1. The Morgan fingerprint density at radius 1 is 1.00 bits per heavy atom. The highest BCUT2D eigenvalue weighted by Crippen LogP contribution is 2.30. The van der Waals surface area contributed by atoms with E-state index in [1.165, 1.54) is 5.56 Å². The molecule has 6 nitrogen and oxygen atoms in total. The van der Waals surface area contributed by atoms with Gasteiger partial charge in [-0.05, 0) is 36.8 Å². The first-order chi connectivity index (χ1) is 15.7. The summed E-state index contributed by atoms with van der Waals surface area (Å²) in [4.78, 5) is 12.6. The van der Waals surface area contributed by atoms with Crippen LogP contribution in [0.4, 0.5) is 0 Å². The van der Waals surface area contributed by atoms with E-state index >= 15 is 0 Å². The molecule has 4 aromatic rings. The number of carbonyl (C=O) groups excluding carboxylic acids is 1. The second-order valence-corrected chi connectivity index (χ2v) is 7.65. The highest BCUT2D eigenvalue weighted by molar-refractivity contribution is 6.02. The molecular weight excluding hydrogens is 402 g/mol. The summed E-state index contributed by atoms with van der Waals surface area (Å²) in [6.07, 6.45) is 1.72. The SMILES string of the molecule is Cc1c(/C=N/NC(=O)c2ccc3c(c2)OCCO3)c2ccccc2n1Cc1ccccc1. The summed E-state index contributed by atoms with van der Waals surface area (Å²) in [5.74, 6) is 0.926. The van der Waals surface area contributed by atoms with Crippen LogP contribution in [0.15, 0.2) is 77.9 Å². The zero-order valence-electron chi connectivity index (χ0n) is 17.7. The van der Waals surface area contributed by atoms with Crippen LogP contribution in [0.5, 0.6) is 11.5 Å². The number of amides is 1. The molecule has 0 saturated heterocycles. The Hall–Kier alpha value is -4.06. The maximum atomic E-state index is 12.6. The van der Waals surface area contributed by atoms with Crippen molar-refractivity contribution in [3.05, 3.63) is 95.2 Å². The van der Waals surface area contributed by atoms with Crippen LogP contribution < -0.4 is 14.9 Å². The highest BCUT2D eigenvalue weighted by atomic mass is 16.6. The largest absolute Gasteiger partial charge is 0.486 e. The molecule has 5 rings (SSSR count). The first kappa shape index (κ1) is 19.9. The molecule has 0 atom stereocenters. The van der Waals surface area contributed by atoms with Crippen molar-refractivity contribution < 1.29 is 14.3 Å². The third-order valence-electron chi connectivity index (χ3n) is 5.63. The van der Waals surface area contributed by atoms with Crippen LogP contribution in [0.3, 0.4) is 0 Å². The van der Waals surface area contributed by atoms with Gasteiger partial charge in [0.1, 0.15) is 13.2 Å². The lowest BCUT2D eigenvalue weighted by atomic mass is 10.1. The van der Waals surface area contributed by atoms with E-state index in [1.807, 2.05) is 30.3 Å². The molecule has 2 heterocycles. The number of carbonyl (C=O) groups is 1. The van der Waals surface area contributed by atoms with Gasteiger partial charge in [-0.25, -0.2) is 5.43 Å². The quantitative estimate of drug-likeness (QED) is 0.377. The summed E-state index contributed by atoms with van der Waals surface area (Å²) in [6.45, 7) is 3.83. The smallest absolute Gasteiger partial charge is 0.271 e. The van der Waals surface area contributed by atoms with Crippen LogP contribution in [0.2, 0.25) is 0 Å². The summed E-state index contributed by atoms with van der Waals surface area (Å²) in [7, 11) is 0. The number of fused-ring (bicyclic) bond motifs is 2. The van der Waals surface area contributed by atoms with Crippen molar-refractivity contribution in [2.75, 3.05) is 13.2 Å². The van der Waals surface area contributed by atoms with Crippen LogP contribution >= 0.6 is 0 Å². The predicted molar refractivity (Wildman–Crippen MR) is 125 cm³/mol. The Labute approximate surface area is 186 Å². The fourth-order valence-electron chi connectivity index (χ4n) is 4.00. The lowest BCUT2D eigenvalue weighted by Gasteiger charge is -2.18. The highest BCUT2D eigenvalue weighted by Gasteiger charge is 2.15. The van der Waals surface area contributed by atoms with Crippen molar-refractivity contribution in [2.45, 2.75) is 13.5 Å². The topological polar surface area (TPSA) is 64.8 Å². The summed E-state index contributed by atoms with van der Waals surface area (Å²) < 4.78 is 13.3. The summed E-state index contributed by atoms with van der Waals surface area (Å²) in [5, 5.41) is 5.35. The third kappa shape index (κ3) is 3.83. The second kappa shape index (κ2) is 8.59. The monoisotopic (exact) mass is 425 g/mol. The number of hydrazone groups is 1. The minimum absolute atomic E-state index is 0.302. The molecule has 0 radical (unpaired) electrons. The Morgan fingerprint density at radius 2 is 1.75 bits per heavy atom. The molecule has 0 fully saturated rings. The van der Waals surface area contributed by atoms with Crippen molar-refractivity contribution in [2.24, 2.45) is 5.10 Å². The lowest BCUT2D eigenvalue weighted by molar-refractivity contribution is 0.0954. The Morgan fingerprint density at radius 3 is 2.59 bits per heavy atom. The molecule has 1 amide bonds. The first-order valence-electron chi connectivity index (χ1n) is 10.6. The summed E-state index contributed by atoms with van der Waals surface area (Å²) in [5.41, 5.74) is 7.53. The van der Waals surface area contributed by atoms with Gasteiger partial charge in [0.15, 0.2) is 11.5 Å². The van der Waals surface area contributed by atoms with E-state index in [0.717, 1.165) is 28.7 Å². The number of hydrogen-bond donors (Lipinski definition) is 1. The number of nitrogens with one attached hydrogen (secondary N) is 1. The molecule has 0 aliphatic carbocycles. The molecule has 1 aliphatic rings. The minimum Gasteiger partial charge on any atom is -0.486 e. The van der Waals surface area contributed by atoms with E-state index in [9.17, 15) is 4.79 Å². The summed E-state index contributed by atoms with van der Waals surface area (Å²) >= 11 is 0. The molecule has 1 aromatic heterocycles. The van der Waals surface area contributed by atoms with Gasteiger partial charge < -0.3 is 14.0 Å². The van der Waals surface area contributed by atoms with Crippen LogP contribution in [-0.4, -0.2) is 29.9 Å². The minimum atomic E-state index is -0.302. The molecule has 0 spiro atoms. The van der Waals surface area contributed by atoms with Gasteiger partial charge in [-0.15, -0.1) is 0 Å². The molecular formula is C26H23N3O3. The van der Waals surface area contributed by atoms with E-state index in [4.69, 9.17) is 9.47 Å². The number of aromatic nitrogens is 1. The molecule has 1 aliphatic heterocycles. The zero-order valence-corrected chi connectivity index (χ0v) is 17.7. The van der Waals surface area contributed by atoms with Gasteiger partial charge in [0.2, 0.25) is 0 Å². The number of nitrogens with zero attached hydrogens (tertiary/aromatic N) is 2. The number of ether oxygens (including phenoxy) is 2. The molecule has 160 valence electrons. The molecule has 0 saturated carbocycles. The Balaban J connectivity index is 1.39. The van der Waals surface area contributed by atoms with Gasteiger partial charge in [0.25, 0.3) is 5.91 Å². The molecule has 6 heteroatoms. The lowest BCUT2D eigenvalue weighted by Crippen LogP contribution is -2.19. The molecule has 0 bridgehead atoms. The van der Waals surface area contributed by atoms with Crippen molar-refractivity contribution in [3.8, 4) is 11.5 Å². The summed E-state index contributed by atoms with van der Waals surface area (Å²) in [6, 6.07) is 23.7. The van der Waals surface area contributed by atoms with Gasteiger partial charge in [-0.1, -0.05) is 48.5 Å². The Kier molecular flexibility index (Phi) is 5.34. The maximum Gasteiger partial charge on any atom is 0.271 e. The van der Waals surface area contributed by atoms with Crippen molar-refractivity contribution in [1.82, 2.24) is 9.99 Å². The number of rotatable bonds is 5. The van der Waals surface area contributed by atoms with Crippen LogP contribution in [-0.2, 0) is 6.54 Å². The van der Waals surface area contributed by atoms with Crippen molar-refractivity contribution in [3.63, 3.8) is 0 Å². The van der Waals surface area contributed by atoms with Crippen molar-refractivity contribution in [1.29, 1.82) is 0 Å². The molecule has 1 N–H and O–H groups in total. The van der Waals surface area contributed by atoms with Gasteiger partial charge >= 0.3 is 0 Å². The van der Waals surface area contributed by atoms with Crippen LogP contribution in [0, 0.1) is 6.92 Å². The third-order valence-corrected chi connectivity index (χ3v) is 5.63. The number of benzene rings is 3. The predicted octanol–water partition coefficient (Wildman–Crippen LogP) is 4.53. The molecule has 3 aromatic carbocycles. The Bertz CT molecular complexity index is 1310. The van der Waals surface area contributed by atoms with Gasteiger partial charge in [-0.2, -0.15) is 5.10 Å². The van der Waals surface area contributed by atoms with Gasteiger partial charge in [-0.3, -0.25) is 4.79 Å². The maximum absolute atomic E-state index is 12.6. The van der Waals surface area contributed by atoms with Gasteiger partial charge in [0.05, 0.1) is 6.21 Å².